The summed E-state index contributed by atoms with van der Waals surface area (Å²) in [5.41, 5.74) is 2.84. The molecule has 0 amide bonds. The average Bonchev–Trinajstić information content (AvgIpc) is 3.22. The third-order valence-corrected chi connectivity index (χ3v) is 5.47. The van der Waals surface area contributed by atoms with Gasteiger partial charge in [-0.3, -0.25) is 0 Å². The van der Waals surface area contributed by atoms with Crippen LogP contribution in [0, 0.1) is 5.92 Å². The van der Waals surface area contributed by atoms with Gasteiger partial charge in [0.25, 0.3) is 0 Å². The van der Waals surface area contributed by atoms with E-state index in [1.54, 1.807) is 0 Å². The summed E-state index contributed by atoms with van der Waals surface area (Å²) < 4.78 is 7.76. The zero-order valence-electron chi connectivity index (χ0n) is 14.6. The van der Waals surface area contributed by atoms with Crippen LogP contribution < -0.4 is 4.74 Å². The van der Waals surface area contributed by atoms with Gasteiger partial charge in [0, 0.05) is 45.4 Å². The minimum atomic E-state index is 0.744. The lowest BCUT2D eigenvalue weighted by atomic mass is 9.94. The summed E-state index contributed by atoms with van der Waals surface area (Å²) in [5.74, 6) is 3.06. The molecule has 1 aromatic heterocycles. The van der Waals surface area contributed by atoms with Crippen molar-refractivity contribution in [3.05, 3.63) is 47.5 Å². The second kappa shape index (κ2) is 6.98. The SMILES string of the molecule is Cn1ccnc1CC1CCCN(CCc2ccc3c(c2)CCO3)C1. The van der Waals surface area contributed by atoms with Crippen molar-refractivity contribution in [1.82, 2.24) is 14.5 Å². The van der Waals surface area contributed by atoms with Gasteiger partial charge in [-0.1, -0.05) is 12.1 Å². The van der Waals surface area contributed by atoms with E-state index in [-0.39, 0.29) is 0 Å². The summed E-state index contributed by atoms with van der Waals surface area (Å²) >= 11 is 0. The Balaban J connectivity index is 1.31. The summed E-state index contributed by atoms with van der Waals surface area (Å²) in [5, 5.41) is 0. The highest BCUT2D eigenvalue weighted by molar-refractivity contribution is 5.39. The molecular formula is C20H27N3O. The van der Waals surface area contributed by atoms with Gasteiger partial charge in [-0.05, 0) is 48.9 Å². The Kier molecular flexibility index (Phi) is 4.56. The quantitative estimate of drug-likeness (QED) is 0.847. The van der Waals surface area contributed by atoms with E-state index >= 15 is 0 Å². The van der Waals surface area contributed by atoms with E-state index < -0.39 is 0 Å². The lowest BCUT2D eigenvalue weighted by molar-refractivity contribution is 0.174. The van der Waals surface area contributed by atoms with Crippen molar-refractivity contribution in [2.24, 2.45) is 13.0 Å². The fraction of sp³-hybridized carbons (Fsp3) is 0.550. The number of rotatable bonds is 5. The maximum Gasteiger partial charge on any atom is 0.122 e. The molecular weight excluding hydrogens is 298 g/mol. The van der Waals surface area contributed by atoms with Crippen molar-refractivity contribution in [2.75, 3.05) is 26.2 Å². The maximum absolute atomic E-state index is 5.60. The van der Waals surface area contributed by atoms with Crippen molar-refractivity contribution >= 4 is 0 Å². The fourth-order valence-corrected chi connectivity index (χ4v) is 4.06. The van der Waals surface area contributed by atoms with E-state index in [1.165, 1.54) is 42.9 Å². The number of piperidine rings is 1. The Hall–Kier alpha value is -1.81. The molecule has 4 rings (SSSR count). The molecule has 2 aromatic rings. The van der Waals surface area contributed by atoms with E-state index in [2.05, 4.69) is 39.7 Å². The third kappa shape index (κ3) is 3.48. The Morgan fingerprint density at radius 2 is 2.29 bits per heavy atom. The Morgan fingerprint density at radius 1 is 1.33 bits per heavy atom. The van der Waals surface area contributed by atoms with Gasteiger partial charge >= 0.3 is 0 Å². The molecule has 1 fully saturated rings. The molecule has 3 heterocycles. The second-order valence-electron chi connectivity index (χ2n) is 7.26. The molecule has 1 unspecified atom stereocenters. The number of fused-ring (bicyclic) bond motifs is 1. The molecule has 1 saturated heterocycles. The van der Waals surface area contributed by atoms with Crippen molar-refractivity contribution in [1.29, 1.82) is 0 Å². The van der Waals surface area contributed by atoms with Crippen molar-refractivity contribution in [3.8, 4) is 5.75 Å². The summed E-state index contributed by atoms with van der Waals surface area (Å²) in [4.78, 5) is 7.13. The van der Waals surface area contributed by atoms with E-state index in [4.69, 9.17) is 4.74 Å². The predicted octanol–water partition coefficient (Wildman–Crippen LogP) is 2.85. The van der Waals surface area contributed by atoms with Gasteiger partial charge in [0.05, 0.1) is 6.61 Å². The molecule has 0 aliphatic carbocycles. The zero-order valence-corrected chi connectivity index (χ0v) is 14.6. The van der Waals surface area contributed by atoms with Crippen molar-refractivity contribution in [2.45, 2.75) is 32.1 Å². The molecule has 0 radical (unpaired) electrons. The Bertz CT molecular complexity index is 694. The summed E-state index contributed by atoms with van der Waals surface area (Å²) in [6, 6.07) is 6.73. The molecule has 2 aliphatic rings. The highest BCUT2D eigenvalue weighted by Gasteiger charge is 2.21. The first-order valence-electron chi connectivity index (χ1n) is 9.21. The van der Waals surface area contributed by atoms with Gasteiger partial charge in [0.2, 0.25) is 0 Å². The van der Waals surface area contributed by atoms with Gasteiger partial charge in [0.15, 0.2) is 0 Å². The summed E-state index contributed by atoms with van der Waals surface area (Å²) in [6.45, 7) is 4.46. The predicted molar refractivity (Wildman–Crippen MR) is 95.4 cm³/mol. The number of hydrogen-bond donors (Lipinski definition) is 0. The highest BCUT2D eigenvalue weighted by Crippen LogP contribution is 2.26. The van der Waals surface area contributed by atoms with Crippen molar-refractivity contribution in [3.63, 3.8) is 0 Å². The van der Waals surface area contributed by atoms with E-state index in [1.807, 2.05) is 12.4 Å². The summed E-state index contributed by atoms with van der Waals surface area (Å²) in [6.07, 6.45) is 9.92. The van der Waals surface area contributed by atoms with Crippen LogP contribution >= 0.6 is 0 Å². The standard InChI is InChI=1S/C20H27N3O/c1-22-11-8-21-20(22)14-17-3-2-9-23(15-17)10-6-16-4-5-19-18(13-16)7-12-24-19/h4-5,8,11,13,17H,2-3,6-7,9-10,12,14-15H2,1H3. The minimum Gasteiger partial charge on any atom is -0.493 e. The molecule has 128 valence electrons. The van der Waals surface area contributed by atoms with Crippen LogP contribution in [0.3, 0.4) is 0 Å². The molecule has 2 aliphatic heterocycles. The van der Waals surface area contributed by atoms with Crippen LogP contribution in [0.5, 0.6) is 5.75 Å². The number of ether oxygens (including phenoxy) is 1. The smallest absolute Gasteiger partial charge is 0.122 e. The van der Waals surface area contributed by atoms with Crippen LogP contribution in [0.1, 0.15) is 29.8 Å². The molecule has 1 aromatic carbocycles. The van der Waals surface area contributed by atoms with Crippen LogP contribution in [-0.4, -0.2) is 40.7 Å². The van der Waals surface area contributed by atoms with E-state index in [9.17, 15) is 0 Å². The van der Waals surface area contributed by atoms with E-state index in [0.29, 0.717) is 0 Å². The Labute approximate surface area is 144 Å². The highest BCUT2D eigenvalue weighted by atomic mass is 16.5. The minimum absolute atomic E-state index is 0.744. The first-order valence-corrected chi connectivity index (χ1v) is 9.21. The molecule has 0 N–H and O–H groups in total. The van der Waals surface area contributed by atoms with Gasteiger partial charge < -0.3 is 14.2 Å². The third-order valence-electron chi connectivity index (χ3n) is 5.47. The molecule has 0 spiro atoms. The Morgan fingerprint density at radius 3 is 3.17 bits per heavy atom. The maximum atomic E-state index is 5.60. The van der Waals surface area contributed by atoms with Crippen molar-refractivity contribution < 1.29 is 4.74 Å². The number of hydrogen-bond acceptors (Lipinski definition) is 3. The molecule has 4 heteroatoms. The van der Waals surface area contributed by atoms with E-state index in [0.717, 1.165) is 44.1 Å². The zero-order chi connectivity index (χ0) is 16.4. The van der Waals surface area contributed by atoms with Crippen LogP contribution in [0.2, 0.25) is 0 Å². The van der Waals surface area contributed by atoms with Crippen LogP contribution in [0.4, 0.5) is 0 Å². The largest absolute Gasteiger partial charge is 0.493 e. The molecule has 0 bridgehead atoms. The summed E-state index contributed by atoms with van der Waals surface area (Å²) in [7, 11) is 2.10. The first-order chi connectivity index (χ1) is 11.8. The topological polar surface area (TPSA) is 30.3 Å². The van der Waals surface area contributed by atoms with Crippen LogP contribution in [-0.2, 0) is 26.3 Å². The number of likely N-dealkylation sites (tertiary alicyclic amines) is 1. The monoisotopic (exact) mass is 325 g/mol. The number of aromatic nitrogens is 2. The normalized spacial score (nSPS) is 20.8. The number of nitrogens with zero attached hydrogens (tertiary/aromatic N) is 3. The van der Waals surface area contributed by atoms with Crippen LogP contribution in [0.25, 0.3) is 0 Å². The molecule has 4 nitrogen and oxygen atoms in total. The average molecular weight is 325 g/mol. The number of imidazole rings is 1. The first kappa shape index (κ1) is 15.7. The molecule has 0 saturated carbocycles. The van der Waals surface area contributed by atoms with Gasteiger partial charge in [-0.25, -0.2) is 4.98 Å². The lowest BCUT2D eigenvalue weighted by Crippen LogP contribution is -2.37. The molecule has 1 atom stereocenters. The fourth-order valence-electron chi connectivity index (χ4n) is 4.06. The van der Waals surface area contributed by atoms with Gasteiger partial charge in [-0.2, -0.15) is 0 Å². The second-order valence-corrected chi connectivity index (χ2v) is 7.26. The number of benzene rings is 1. The van der Waals surface area contributed by atoms with Gasteiger partial charge in [-0.15, -0.1) is 0 Å². The number of aryl methyl sites for hydroxylation is 1. The molecule has 24 heavy (non-hydrogen) atoms. The van der Waals surface area contributed by atoms with Gasteiger partial charge in [0.1, 0.15) is 11.6 Å². The lowest BCUT2D eigenvalue weighted by Gasteiger charge is -2.32. The van der Waals surface area contributed by atoms with Crippen LogP contribution in [0.15, 0.2) is 30.6 Å².